The predicted molar refractivity (Wildman–Crippen MR) is 70.4 cm³/mol. The molecule has 0 aliphatic rings. The first kappa shape index (κ1) is 14.1. The third kappa shape index (κ3) is 4.48. The predicted octanol–water partition coefficient (Wildman–Crippen LogP) is 2.30. The first-order valence-electron chi connectivity index (χ1n) is 5.81. The van der Waals surface area contributed by atoms with E-state index < -0.39 is 6.09 Å². The van der Waals surface area contributed by atoms with Gasteiger partial charge in [0, 0.05) is 12.0 Å². The Morgan fingerprint density at radius 2 is 2.28 bits per heavy atom. The van der Waals surface area contributed by atoms with Crippen molar-refractivity contribution in [2.45, 2.75) is 20.3 Å². The van der Waals surface area contributed by atoms with Crippen LogP contribution in [0.25, 0.3) is 0 Å². The van der Waals surface area contributed by atoms with Crippen LogP contribution in [0.3, 0.4) is 0 Å². The van der Waals surface area contributed by atoms with Gasteiger partial charge in [0.25, 0.3) is 0 Å². The summed E-state index contributed by atoms with van der Waals surface area (Å²) in [5.74, 6) is 5.75. The second-order valence-electron chi connectivity index (χ2n) is 3.67. The van der Waals surface area contributed by atoms with Crippen LogP contribution in [0.2, 0.25) is 0 Å². The minimum atomic E-state index is -0.494. The minimum absolute atomic E-state index is 0.0272. The number of aliphatic hydroxyl groups is 1. The molecule has 0 radical (unpaired) electrons. The number of hydrogen-bond donors (Lipinski definition) is 2. The van der Waals surface area contributed by atoms with Crippen LogP contribution in [0.15, 0.2) is 18.2 Å². The van der Waals surface area contributed by atoms with Crippen molar-refractivity contribution >= 4 is 11.8 Å². The van der Waals surface area contributed by atoms with Crippen LogP contribution in [-0.2, 0) is 4.74 Å². The van der Waals surface area contributed by atoms with E-state index in [1.807, 2.05) is 19.1 Å². The van der Waals surface area contributed by atoms with E-state index in [4.69, 9.17) is 9.84 Å². The molecule has 4 nitrogen and oxygen atoms in total. The summed E-state index contributed by atoms with van der Waals surface area (Å²) >= 11 is 0. The summed E-state index contributed by atoms with van der Waals surface area (Å²) in [6, 6.07) is 5.56. The Bertz CT molecular complexity index is 472. The molecular formula is C14H17NO3. The van der Waals surface area contributed by atoms with Gasteiger partial charge in [0.05, 0.1) is 18.9 Å². The maximum absolute atomic E-state index is 11.4. The Hall–Kier alpha value is -1.99. The van der Waals surface area contributed by atoms with E-state index in [1.54, 1.807) is 13.0 Å². The molecule has 1 rings (SSSR count). The first-order valence-corrected chi connectivity index (χ1v) is 5.81. The summed E-state index contributed by atoms with van der Waals surface area (Å²) in [6.07, 6.45) is -0.0844. The Kier molecular flexibility index (Phi) is 5.75. The molecule has 0 heterocycles. The number of rotatable bonds is 3. The topological polar surface area (TPSA) is 58.6 Å². The molecule has 1 amide bonds. The van der Waals surface area contributed by atoms with Gasteiger partial charge in [0.2, 0.25) is 0 Å². The van der Waals surface area contributed by atoms with Gasteiger partial charge in [0.15, 0.2) is 0 Å². The zero-order valence-corrected chi connectivity index (χ0v) is 10.6. The van der Waals surface area contributed by atoms with Crippen molar-refractivity contribution in [3.05, 3.63) is 29.3 Å². The van der Waals surface area contributed by atoms with Crippen molar-refractivity contribution in [3.8, 4) is 11.8 Å². The van der Waals surface area contributed by atoms with Crippen molar-refractivity contribution in [3.63, 3.8) is 0 Å². The molecule has 0 aliphatic carbocycles. The van der Waals surface area contributed by atoms with E-state index in [1.165, 1.54) is 0 Å². The number of aryl methyl sites for hydroxylation is 1. The fourth-order valence-corrected chi connectivity index (χ4v) is 1.36. The molecule has 96 valence electrons. The lowest BCUT2D eigenvalue weighted by Gasteiger charge is -2.08. The van der Waals surface area contributed by atoms with Crippen LogP contribution < -0.4 is 5.32 Å². The average molecular weight is 247 g/mol. The van der Waals surface area contributed by atoms with Gasteiger partial charge in [0.1, 0.15) is 0 Å². The molecule has 0 bridgehead atoms. The molecular weight excluding hydrogens is 230 g/mol. The van der Waals surface area contributed by atoms with Crippen LogP contribution in [-0.4, -0.2) is 24.4 Å². The molecule has 0 aromatic heterocycles. The number of hydrogen-bond acceptors (Lipinski definition) is 3. The summed E-state index contributed by atoms with van der Waals surface area (Å²) in [7, 11) is 0. The molecule has 0 aliphatic heterocycles. The van der Waals surface area contributed by atoms with Gasteiger partial charge in [-0.3, -0.25) is 5.32 Å². The molecule has 1 aromatic carbocycles. The summed E-state index contributed by atoms with van der Waals surface area (Å²) in [5, 5.41) is 11.3. The standard InChI is InChI=1S/C14H17NO3/c1-3-18-14(17)15-13-8-7-11(2)10-12(13)6-4-5-9-16/h7-8,10,16H,3,5,9H2,1-2H3,(H,15,17). The molecule has 18 heavy (non-hydrogen) atoms. The number of amides is 1. The molecule has 0 atom stereocenters. The third-order valence-corrected chi connectivity index (χ3v) is 2.15. The van der Waals surface area contributed by atoms with Gasteiger partial charge in [-0.05, 0) is 31.5 Å². The summed E-state index contributed by atoms with van der Waals surface area (Å²) in [6.45, 7) is 4.05. The lowest BCUT2D eigenvalue weighted by Crippen LogP contribution is -2.14. The number of nitrogens with one attached hydrogen (secondary N) is 1. The maximum Gasteiger partial charge on any atom is 0.411 e. The van der Waals surface area contributed by atoms with Crippen molar-refractivity contribution in [1.29, 1.82) is 0 Å². The maximum atomic E-state index is 11.4. The highest BCUT2D eigenvalue weighted by Crippen LogP contribution is 2.16. The first-order chi connectivity index (χ1) is 8.67. The molecule has 0 spiro atoms. The molecule has 0 fully saturated rings. The van der Waals surface area contributed by atoms with Crippen LogP contribution in [0, 0.1) is 18.8 Å². The van der Waals surface area contributed by atoms with Gasteiger partial charge in [-0.15, -0.1) is 0 Å². The SMILES string of the molecule is CCOC(=O)Nc1ccc(C)cc1C#CCCO. The second kappa shape index (κ2) is 7.36. The molecule has 0 saturated heterocycles. The van der Waals surface area contributed by atoms with E-state index in [9.17, 15) is 4.79 Å². The number of ether oxygens (including phenoxy) is 1. The highest BCUT2D eigenvalue weighted by Gasteiger charge is 2.05. The summed E-state index contributed by atoms with van der Waals surface area (Å²) < 4.78 is 4.82. The number of carbonyl (C=O) groups is 1. The lowest BCUT2D eigenvalue weighted by molar-refractivity contribution is 0.168. The molecule has 0 unspecified atom stereocenters. The highest BCUT2D eigenvalue weighted by atomic mass is 16.5. The van der Waals surface area contributed by atoms with Gasteiger partial charge in [-0.1, -0.05) is 17.9 Å². The van der Waals surface area contributed by atoms with Crippen LogP contribution in [0.5, 0.6) is 0 Å². The zero-order chi connectivity index (χ0) is 13.4. The Balaban J connectivity index is 2.90. The van der Waals surface area contributed by atoms with Crippen molar-refractivity contribution < 1.29 is 14.6 Å². The van der Waals surface area contributed by atoms with Crippen LogP contribution in [0.1, 0.15) is 24.5 Å². The number of aliphatic hydroxyl groups excluding tert-OH is 1. The normalized spacial score (nSPS) is 9.28. The zero-order valence-electron chi connectivity index (χ0n) is 10.6. The van der Waals surface area contributed by atoms with Gasteiger partial charge in [-0.25, -0.2) is 4.79 Å². The monoisotopic (exact) mass is 247 g/mol. The molecule has 2 N–H and O–H groups in total. The Morgan fingerprint density at radius 1 is 1.50 bits per heavy atom. The van der Waals surface area contributed by atoms with E-state index in [-0.39, 0.29) is 6.61 Å². The van der Waals surface area contributed by atoms with Gasteiger partial charge < -0.3 is 9.84 Å². The molecule has 1 aromatic rings. The van der Waals surface area contributed by atoms with Crippen molar-refractivity contribution in [2.24, 2.45) is 0 Å². The minimum Gasteiger partial charge on any atom is -0.450 e. The largest absolute Gasteiger partial charge is 0.450 e. The number of carbonyl (C=O) groups excluding carboxylic acids is 1. The Labute approximate surface area is 107 Å². The van der Waals surface area contributed by atoms with Crippen LogP contribution >= 0.6 is 0 Å². The van der Waals surface area contributed by atoms with Crippen molar-refractivity contribution in [1.82, 2.24) is 0 Å². The number of benzene rings is 1. The molecule has 0 saturated carbocycles. The molecule has 4 heteroatoms. The highest BCUT2D eigenvalue weighted by molar-refractivity contribution is 5.86. The summed E-state index contributed by atoms with van der Waals surface area (Å²) in [4.78, 5) is 11.4. The fourth-order valence-electron chi connectivity index (χ4n) is 1.36. The quantitative estimate of drug-likeness (QED) is 0.806. The Morgan fingerprint density at radius 3 is 2.94 bits per heavy atom. The van der Waals surface area contributed by atoms with Crippen LogP contribution in [0.4, 0.5) is 10.5 Å². The second-order valence-corrected chi connectivity index (χ2v) is 3.67. The van der Waals surface area contributed by atoms with Gasteiger partial charge in [-0.2, -0.15) is 0 Å². The van der Waals surface area contributed by atoms with E-state index in [0.717, 1.165) is 11.1 Å². The fraction of sp³-hybridized carbons (Fsp3) is 0.357. The van der Waals surface area contributed by atoms with E-state index >= 15 is 0 Å². The smallest absolute Gasteiger partial charge is 0.411 e. The van der Waals surface area contributed by atoms with Gasteiger partial charge >= 0.3 is 6.09 Å². The summed E-state index contributed by atoms with van der Waals surface area (Å²) in [5.41, 5.74) is 2.39. The number of anilines is 1. The third-order valence-electron chi connectivity index (χ3n) is 2.15. The average Bonchev–Trinajstić information content (AvgIpc) is 2.33. The van der Waals surface area contributed by atoms with Crippen molar-refractivity contribution in [2.75, 3.05) is 18.5 Å². The lowest BCUT2D eigenvalue weighted by atomic mass is 10.1. The van der Waals surface area contributed by atoms with E-state index in [2.05, 4.69) is 17.2 Å². The van der Waals surface area contributed by atoms with E-state index in [0.29, 0.717) is 18.7 Å².